The van der Waals surface area contributed by atoms with E-state index in [9.17, 15) is 18.0 Å². The summed E-state index contributed by atoms with van der Waals surface area (Å²) in [6.07, 6.45) is -3.65. The van der Waals surface area contributed by atoms with Crippen molar-refractivity contribution in [1.29, 1.82) is 0 Å². The highest BCUT2D eigenvalue weighted by atomic mass is 127. The number of aliphatic imine (C=N–C) groups is 1. The first-order chi connectivity index (χ1) is 10.9. The zero-order valence-electron chi connectivity index (χ0n) is 15.5. The molecule has 6 nitrogen and oxygen atoms in total. The van der Waals surface area contributed by atoms with Crippen molar-refractivity contribution in [2.75, 3.05) is 34.3 Å². The van der Waals surface area contributed by atoms with Gasteiger partial charge < -0.3 is 20.3 Å². The molecule has 0 saturated heterocycles. The van der Waals surface area contributed by atoms with Crippen molar-refractivity contribution in [2.24, 2.45) is 10.4 Å². The Labute approximate surface area is 164 Å². The summed E-state index contributed by atoms with van der Waals surface area (Å²) in [6.45, 7) is 4.61. The molecule has 1 rings (SSSR count). The number of ether oxygens (including phenoxy) is 1. The van der Waals surface area contributed by atoms with Crippen molar-refractivity contribution in [3.05, 3.63) is 0 Å². The number of alkyl halides is 3. The quantitative estimate of drug-likeness (QED) is 0.359. The van der Waals surface area contributed by atoms with E-state index in [0.29, 0.717) is 10.9 Å². The van der Waals surface area contributed by atoms with E-state index < -0.39 is 18.6 Å². The molecule has 0 aromatic heterocycles. The summed E-state index contributed by atoms with van der Waals surface area (Å²) in [7, 11) is 4.33. The lowest BCUT2D eigenvalue weighted by Crippen LogP contribution is -2.69. The Kier molecular flexibility index (Phi) is 8.47. The van der Waals surface area contributed by atoms with Crippen LogP contribution in [0.25, 0.3) is 0 Å². The van der Waals surface area contributed by atoms with Crippen LogP contribution in [0.15, 0.2) is 4.99 Å². The van der Waals surface area contributed by atoms with Crippen LogP contribution in [-0.4, -0.2) is 68.9 Å². The number of nitrogens with zero attached hydrogens (tertiary/aromatic N) is 2. The van der Waals surface area contributed by atoms with Crippen LogP contribution in [0.1, 0.15) is 27.2 Å². The molecule has 10 heteroatoms. The number of likely N-dealkylation sites (N-methyl/N-ethyl adjacent to an activating group) is 1. The summed E-state index contributed by atoms with van der Waals surface area (Å²) in [4.78, 5) is 16.4. The van der Waals surface area contributed by atoms with Crippen molar-refractivity contribution in [1.82, 2.24) is 15.5 Å². The Balaban J connectivity index is 0.00000576. The van der Waals surface area contributed by atoms with Gasteiger partial charge in [-0.25, -0.2) is 0 Å². The van der Waals surface area contributed by atoms with Crippen LogP contribution < -0.4 is 10.6 Å². The number of nitrogens with one attached hydrogen (secondary N) is 2. The van der Waals surface area contributed by atoms with Gasteiger partial charge in [-0.1, -0.05) is 13.8 Å². The Bertz CT molecular complexity index is 500. The summed E-state index contributed by atoms with van der Waals surface area (Å²) in [5, 5.41) is 5.95. The molecular formula is C15H28F3IN4O2. The molecule has 148 valence electrons. The van der Waals surface area contributed by atoms with E-state index in [1.165, 1.54) is 0 Å². The number of hydrogen-bond donors (Lipinski definition) is 2. The normalized spacial score (nSPS) is 25.5. The minimum absolute atomic E-state index is 0. The Morgan fingerprint density at radius 2 is 1.92 bits per heavy atom. The van der Waals surface area contributed by atoms with Gasteiger partial charge in [0.15, 0.2) is 5.96 Å². The van der Waals surface area contributed by atoms with Crippen LogP contribution >= 0.6 is 24.0 Å². The lowest BCUT2D eigenvalue weighted by molar-refractivity contribution is -0.176. The van der Waals surface area contributed by atoms with Gasteiger partial charge in [0.2, 0.25) is 5.91 Å². The van der Waals surface area contributed by atoms with E-state index in [4.69, 9.17) is 4.74 Å². The minimum Gasteiger partial charge on any atom is -0.378 e. The average Bonchev–Trinajstić information content (AvgIpc) is 2.47. The highest BCUT2D eigenvalue weighted by molar-refractivity contribution is 14.0. The molecule has 2 unspecified atom stereocenters. The molecule has 2 atom stereocenters. The standard InChI is InChI=1S/C15H27F3N4O2.HI/c1-13(2)10(7-14(13,3)24-6)21-12(19-4)20-8-11(23)22(5)9-15(16,17)18;/h10H,7-9H2,1-6H3,(H2,19,20,21);1H. The van der Waals surface area contributed by atoms with E-state index in [2.05, 4.69) is 29.5 Å². The van der Waals surface area contributed by atoms with Crippen molar-refractivity contribution in [3.63, 3.8) is 0 Å². The highest BCUT2D eigenvalue weighted by Crippen LogP contribution is 2.51. The van der Waals surface area contributed by atoms with Crippen molar-refractivity contribution in [2.45, 2.75) is 45.0 Å². The van der Waals surface area contributed by atoms with Crippen LogP contribution in [0, 0.1) is 5.41 Å². The van der Waals surface area contributed by atoms with Gasteiger partial charge in [-0.05, 0) is 13.3 Å². The molecule has 1 amide bonds. The molecule has 0 heterocycles. The SMILES string of the molecule is CN=C(NCC(=O)N(C)CC(F)(F)F)NC1CC(C)(OC)C1(C)C.I. The van der Waals surface area contributed by atoms with Gasteiger partial charge in [0.05, 0.1) is 12.1 Å². The lowest BCUT2D eigenvalue weighted by atomic mass is 9.56. The van der Waals surface area contributed by atoms with E-state index in [1.807, 2.05) is 6.92 Å². The largest absolute Gasteiger partial charge is 0.406 e. The molecule has 1 aliphatic carbocycles. The molecule has 25 heavy (non-hydrogen) atoms. The summed E-state index contributed by atoms with van der Waals surface area (Å²) >= 11 is 0. The van der Waals surface area contributed by atoms with Crippen LogP contribution in [0.3, 0.4) is 0 Å². The Morgan fingerprint density at radius 3 is 2.32 bits per heavy atom. The van der Waals surface area contributed by atoms with Crippen molar-refractivity contribution < 1.29 is 22.7 Å². The third-order valence-corrected chi connectivity index (χ3v) is 5.06. The number of rotatable bonds is 5. The predicted octanol–water partition coefficient (Wildman–Crippen LogP) is 1.99. The summed E-state index contributed by atoms with van der Waals surface area (Å²) in [5.41, 5.74) is -0.414. The lowest BCUT2D eigenvalue weighted by Gasteiger charge is -2.59. The average molecular weight is 480 g/mol. The topological polar surface area (TPSA) is 66.0 Å². The zero-order chi connectivity index (χ0) is 18.8. The molecule has 1 aliphatic rings. The third kappa shape index (κ3) is 5.87. The number of amides is 1. The second kappa shape index (κ2) is 8.74. The molecule has 1 saturated carbocycles. The van der Waals surface area contributed by atoms with Gasteiger partial charge >= 0.3 is 6.18 Å². The number of halogens is 4. The number of guanidine groups is 1. The molecular weight excluding hydrogens is 452 g/mol. The van der Waals surface area contributed by atoms with Crippen LogP contribution in [0.5, 0.6) is 0 Å². The first kappa shape index (κ1) is 24.2. The molecule has 1 fully saturated rings. The zero-order valence-corrected chi connectivity index (χ0v) is 17.8. The number of carbonyl (C=O) groups excluding carboxylic acids is 1. The van der Waals surface area contributed by atoms with Gasteiger partial charge in [0, 0.05) is 32.7 Å². The molecule has 0 bridgehead atoms. The maximum atomic E-state index is 12.3. The first-order valence-electron chi connectivity index (χ1n) is 7.69. The van der Waals surface area contributed by atoms with E-state index in [-0.39, 0.29) is 47.6 Å². The first-order valence-corrected chi connectivity index (χ1v) is 7.69. The Hall–Kier alpha value is -0.780. The Morgan fingerprint density at radius 1 is 1.36 bits per heavy atom. The van der Waals surface area contributed by atoms with Gasteiger partial charge in [0.1, 0.15) is 6.54 Å². The molecule has 0 spiro atoms. The maximum Gasteiger partial charge on any atom is 0.406 e. The predicted molar refractivity (Wildman–Crippen MR) is 101 cm³/mol. The molecule has 0 aliphatic heterocycles. The summed E-state index contributed by atoms with van der Waals surface area (Å²) < 4.78 is 42.4. The third-order valence-electron chi connectivity index (χ3n) is 5.06. The van der Waals surface area contributed by atoms with Crippen molar-refractivity contribution >= 4 is 35.8 Å². The molecule has 0 aromatic carbocycles. The monoisotopic (exact) mass is 480 g/mol. The van der Waals surface area contributed by atoms with Gasteiger partial charge in [-0.15, -0.1) is 24.0 Å². The van der Waals surface area contributed by atoms with Gasteiger partial charge in [-0.3, -0.25) is 9.79 Å². The van der Waals surface area contributed by atoms with Crippen LogP contribution in [0.4, 0.5) is 13.2 Å². The fourth-order valence-electron chi connectivity index (χ4n) is 2.73. The maximum absolute atomic E-state index is 12.3. The summed E-state index contributed by atoms with van der Waals surface area (Å²) in [6, 6.07) is 0.0802. The fraction of sp³-hybridized carbons (Fsp3) is 0.867. The number of carbonyl (C=O) groups is 1. The summed E-state index contributed by atoms with van der Waals surface area (Å²) in [5.74, 6) is -0.287. The smallest absolute Gasteiger partial charge is 0.378 e. The van der Waals surface area contributed by atoms with E-state index >= 15 is 0 Å². The fourth-order valence-corrected chi connectivity index (χ4v) is 2.73. The minimum atomic E-state index is -4.41. The molecule has 0 aromatic rings. The van der Waals surface area contributed by atoms with Gasteiger partial charge in [-0.2, -0.15) is 13.2 Å². The number of hydrogen-bond acceptors (Lipinski definition) is 3. The second-order valence-electron chi connectivity index (χ2n) is 6.85. The van der Waals surface area contributed by atoms with E-state index in [0.717, 1.165) is 13.5 Å². The second-order valence-corrected chi connectivity index (χ2v) is 6.85. The van der Waals surface area contributed by atoms with Crippen LogP contribution in [-0.2, 0) is 9.53 Å². The van der Waals surface area contributed by atoms with Gasteiger partial charge in [0.25, 0.3) is 0 Å². The molecule has 0 radical (unpaired) electrons. The van der Waals surface area contributed by atoms with Crippen LogP contribution in [0.2, 0.25) is 0 Å². The molecule has 2 N–H and O–H groups in total. The number of methoxy groups -OCH3 is 1. The highest BCUT2D eigenvalue weighted by Gasteiger charge is 2.58. The van der Waals surface area contributed by atoms with E-state index in [1.54, 1.807) is 14.2 Å². The van der Waals surface area contributed by atoms with Crippen molar-refractivity contribution in [3.8, 4) is 0 Å².